The van der Waals surface area contributed by atoms with Gasteiger partial charge in [-0.3, -0.25) is 4.57 Å². The third-order valence-corrected chi connectivity index (χ3v) is 7.17. The summed E-state index contributed by atoms with van der Waals surface area (Å²) in [5.74, 6) is 1.64. The lowest BCUT2D eigenvalue weighted by molar-refractivity contribution is 1.07. The molecule has 5 aromatic carbocycles. The van der Waals surface area contributed by atoms with Gasteiger partial charge in [-0.15, -0.1) is 10.2 Å². The number of benzene rings is 5. The third-order valence-electron chi connectivity index (χ3n) is 7.17. The van der Waals surface area contributed by atoms with E-state index in [0.717, 1.165) is 34.2 Å². The van der Waals surface area contributed by atoms with Crippen LogP contribution in [-0.4, -0.2) is 19.3 Å². The molecule has 0 aliphatic heterocycles. The summed E-state index contributed by atoms with van der Waals surface area (Å²) < 4.78 is 4.49. The molecule has 4 heteroatoms. The zero-order valence-corrected chi connectivity index (χ0v) is 21.3. The SMILES string of the molecule is Cc1ccc2c(c1)c1cc(C)ccc1n2-c1ccc(-c2nnc(-c3ccccc3)n2-c2ccccc2)cc1. The van der Waals surface area contributed by atoms with Crippen molar-refractivity contribution in [1.82, 2.24) is 19.3 Å². The predicted octanol–water partition coefficient (Wildman–Crippen LogP) is 8.32. The number of hydrogen-bond donors (Lipinski definition) is 0. The van der Waals surface area contributed by atoms with Crippen molar-refractivity contribution in [2.45, 2.75) is 13.8 Å². The Bertz CT molecular complexity index is 1850. The van der Waals surface area contributed by atoms with Crippen LogP contribution in [0.3, 0.4) is 0 Å². The molecule has 0 saturated heterocycles. The Morgan fingerprint density at radius 2 is 0.921 bits per heavy atom. The maximum absolute atomic E-state index is 4.66. The Hall–Kier alpha value is -4.96. The van der Waals surface area contributed by atoms with Gasteiger partial charge in [0.05, 0.1) is 11.0 Å². The molecule has 0 atom stereocenters. The predicted molar refractivity (Wildman–Crippen MR) is 156 cm³/mol. The minimum atomic E-state index is 0.815. The van der Waals surface area contributed by atoms with Crippen molar-refractivity contribution in [3.05, 3.63) is 132 Å². The average Bonchev–Trinajstić information content (AvgIpc) is 3.54. The van der Waals surface area contributed by atoms with Gasteiger partial charge in [-0.25, -0.2) is 0 Å². The first kappa shape index (κ1) is 22.3. The molecule has 4 nitrogen and oxygen atoms in total. The molecule has 0 unspecified atom stereocenters. The molecule has 7 rings (SSSR count). The maximum atomic E-state index is 4.66. The normalized spacial score (nSPS) is 11.4. The summed E-state index contributed by atoms with van der Waals surface area (Å²) in [5.41, 5.74) is 9.15. The van der Waals surface area contributed by atoms with Crippen LogP contribution in [0.4, 0.5) is 0 Å². The molecular weight excluding hydrogens is 464 g/mol. The zero-order chi connectivity index (χ0) is 25.6. The van der Waals surface area contributed by atoms with Crippen molar-refractivity contribution in [2.24, 2.45) is 0 Å². The Morgan fingerprint density at radius 1 is 0.447 bits per heavy atom. The molecule has 0 fully saturated rings. The molecule has 7 aromatic rings. The minimum absolute atomic E-state index is 0.815. The van der Waals surface area contributed by atoms with Crippen molar-refractivity contribution in [2.75, 3.05) is 0 Å². The number of hydrogen-bond acceptors (Lipinski definition) is 2. The molecule has 0 aliphatic rings. The summed E-state index contributed by atoms with van der Waals surface area (Å²) in [7, 11) is 0. The fourth-order valence-corrected chi connectivity index (χ4v) is 5.36. The summed E-state index contributed by atoms with van der Waals surface area (Å²) in [5, 5.41) is 11.8. The van der Waals surface area contributed by atoms with E-state index < -0.39 is 0 Å². The fraction of sp³-hybridized carbons (Fsp3) is 0.0588. The molecular formula is C34H26N4. The topological polar surface area (TPSA) is 35.6 Å². The van der Waals surface area contributed by atoms with Crippen molar-refractivity contribution in [3.8, 4) is 34.2 Å². The minimum Gasteiger partial charge on any atom is -0.309 e. The zero-order valence-electron chi connectivity index (χ0n) is 21.3. The van der Waals surface area contributed by atoms with E-state index in [1.54, 1.807) is 0 Å². The van der Waals surface area contributed by atoms with Crippen LogP contribution >= 0.6 is 0 Å². The lowest BCUT2D eigenvalue weighted by Crippen LogP contribution is -2.00. The second kappa shape index (κ2) is 8.86. The van der Waals surface area contributed by atoms with E-state index in [-0.39, 0.29) is 0 Å². The molecule has 0 radical (unpaired) electrons. The van der Waals surface area contributed by atoms with Crippen LogP contribution in [0, 0.1) is 13.8 Å². The first-order valence-corrected chi connectivity index (χ1v) is 12.9. The molecule has 0 amide bonds. The number of fused-ring (bicyclic) bond motifs is 3. The van der Waals surface area contributed by atoms with Gasteiger partial charge in [0.1, 0.15) is 0 Å². The standard InChI is InChI=1S/C34H26N4/c1-23-13-19-31-29(21-23)30-22-24(2)14-20-32(30)37(31)28-17-15-26(16-18-28)34-36-35-33(25-9-5-3-6-10-25)38(34)27-11-7-4-8-12-27/h3-22H,1-2H3. The van der Waals surface area contributed by atoms with E-state index in [9.17, 15) is 0 Å². The number of aryl methyl sites for hydroxylation is 2. The van der Waals surface area contributed by atoms with Gasteiger partial charge in [0.15, 0.2) is 11.6 Å². The molecule has 2 heterocycles. The van der Waals surface area contributed by atoms with Gasteiger partial charge < -0.3 is 4.57 Å². The molecule has 0 aliphatic carbocycles. The summed E-state index contributed by atoms with van der Waals surface area (Å²) in [6.07, 6.45) is 0. The molecule has 0 saturated carbocycles. The van der Waals surface area contributed by atoms with Gasteiger partial charge >= 0.3 is 0 Å². The van der Waals surface area contributed by atoms with E-state index in [1.807, 2.05) is 36.4 Å². The quantitative estimate of drug-likeness (QED) is 0.249. The Kier molecular flexibility index (Phi) is 5.19. The van der Waals surface area contributed by atoms with Crippen molar-refractivity contribution in [1.29, 1.82) is 0 Å². The Morgan fingerprint density at radius 3 is 1.47 bits per heavy atom. The maximum Gasteiger partial charge on any atom is 0.168 e. The van der Waals surface area contributed by atoms with E-state index >= 15 is 0 Å². The average molecular weight is 491 g/mol. The molecule has 0 N–H and O–H groups in total. The van der Waals surface area contributed by atoms with E-state index in [2.05, 4.69) is 118 Å². The highest BCUT2D eigenvalue weighted by Crippen LogP contribution is 2.34. The number of aromatic nitrogens is 4. The third kappa shape index (κ3) is 3.61. The summed E-state index contributed by atoms with van der Waals surface area (Å²) in [6, 6.07) is 42.6. The molecule has 0 spiro atoms. The fourth-order valence-electron chi connectivity index (χ4n) is 5.36. The molecule has 0 bridgehead atoms. The smallest absolute Gasteiger partial charge is 0.168 e. The highest BCUT2D eigenvalue weighted by Gasteiger charge is 2.18. The summed E-state index contributed by atoms with van der Waals surface area (Å²) >= 11 is 0. The van der Waals surface area contributed by atoms with Crippen LogP contribution in [0.25, 0.3) is 56.0 Å². The number of para-hydroxylation sites is 1. The Balaban J connectivity index is 1.39. The van der Waals surface area contributed by atoms with Gasteiger partial charge in [0, 0.05) is 33.3 Å². The van der Waals surface area contributed by atoms with Crippen molar-refractivity contribution in [3.63, 3.8) is 0 Å². The van der Waals surface area contributed by atoms with E-state index in [1.165, 1.54) is 32.9 Å². The van der Waals surface area contributed by atoms with Gasteiger partial charge in [0.2, 0.25) is 0 Å². The van der Waals surface area contributed by atoms with Crippen LogP contribution < -0.4 is 0 Å². The largest absolute Gasteiger partial charge is 0.309 e. The monoisotopic (exact) mass is 490 g/mol. The van der Waals surface area contributed by atoms with Crippen LogP contribution in [0.1, 0.15) is 11.1 Å². The second-order valence-electron chi connectivity index (χ2n) is 9.81. The number of rotatable bonds is 4. The van der Waals surface area contributed by atoms with Gasteiger partial charge in [0.25, 0.3) is 0 Å². The van der Waals surface area contributed by atoms with Crippen molar-refractivity contribution >= 4 is 21.8 Å². The van der Waals surface area contributed by atoms with E-state index in [4.69, 9.17) is 0 Å². The van der Waals surface area contributed by atoms with Gasteiger partial charge in [-0.2, -0.15) is 0 Å². The van der Waals surface area contributed by atoms with Gasteiger partial charge in [-0.1, -0.05) is 71.8 Å². The van der Waals surface area contributed by atoms with Crippen LogP contribution in [-0.2, 0) is 0 Å². The van der Waals surface area contributed by atoms with Crippen molar-refractivity contribution < 1.29 is 0 Å². The van der Waals surface area contributed by atoms with Crippen LogP contribution in [0.2, 0.25) is 0 Å². The first-order valence-electron chi connectivity index (χ1n) is 12.9. The molecule has 182 valence electrons. The summed E-state index contributed by atoms with van der Waals surface area (Å²) in [6.45, 7) is 4.31. The molecule has 2 aromatic heterocycles. The summed E-state index contributed by atoms with van der Waals surface area (Å²) in [4.78, 5) is 0. The highest BCUT2D eigenvalue weighted by molar-refractivity contribution is 6.09. The van der Waals surface area contributed by atoms with E-state index in [0.29, 0.717) is 0 Å². The second-order valence-corrected chi connectivity index (χ2v) is 9.81. The first-order chi connectivity index (χ1) is 18.7. The number of nitrogens with zero attached hydrogens (tertiary/aromatic N) is 4. The highest BCUT2D eigenvalue weighted by atomic mass is 15.3. The van der Waals surface area contributed by atoms with Crippen LogP contribution in [0.5, 0.6) is 0 Å². The lowest BCUT2D eigenvalue weighted by atomic mass is 10.1. The lowest BCUT2D eigenvalue weighted by Gasteiger charge is -2.12. The Labute approximate surface area is 221 Å². The van der Waals surface area contributed by atoms with Gasteiger partial charge in [-0.05, 0) is 74.5 Å². The van der Waals surface area contributed by atoms with Crippen LogP contribution in [0.15, 0.2) is 121 Å². The molecule has 38 heavy (non-hydrogen) atoms.